The van der Waals surface area contributed by atoms with Gasteiger partial charge in [0.15, 0.2) is 11.5 Å². The predicted octanol–water partition coefficient (Wildman–Crippen LogP) is 2.24. The number of nitrogens with zero attached hydrogens (tertiary/aromatic N) is 2. The lowest BCUT2D eigenvalue weighted by Gasteiger charge is -2.15. The Labute approximate surface area is 118 Å². The van der Waals surface area contributed by atoms with E-state index in [0.717, 1.165) is 18.5 Å². The minimum absolute atomic E-state index is 0.0578. The molecular formula is C15H20N2O3. The van der Waals surface area contributed by atoms with Crippen LogP contribution in [0.25, 0.3) is 0 Å². The zero-order valence-electron chi connectivity index (χ0n) is 11.7. The fraction of sp³-hybridized carbons (Fsp3) is 0.400. The number of hydrogen-bond acceptors (Lipinski definition) is 4. The van der Waals surface area contributed by atoms with Crippen molar-refractivity contribution in [2.75, 3.05) is 13.2 Å². The van der Waals surface area contributed by atoms with E-state index in [-0.39, 0.29) is 6.61 Å². The van der Waals surface area contributed by atoms with Gasteiger partial charge in [-0.1, -0.05) is 12.1 Å². The Bertz CT molecular complexity index is 512. The predicted molar refractivity (Wildman–Crippen MR) is 75.9 cm³/mol. The second-order valence-corrected chi connectivity index (χ2v) is 4.34. The van der Waals surface area contributed by atoms with Gasteiger partial charge in [0, 0.05) is 24.5 Å². The average molecular weight is 276 g/mol. The number of aromatic nitrogens is 2. The van der Waals surface area contributed by atoms with Gasteiger partial charge in [-0.3, -0.25) is 0 Å². The summed E-state index contributed by atoms with van der Waals surface area (Å²) in [6.45, 7) is 3.85. The Hall–Kier alpha value is -2.01. The van der Waals surface area contributed by atoms with Gasteiger partial charge in [0.2, 0.25) is 0 Å². The third-order valence-corrected chi connectivity index (χ3v) is 2.90. The van der Waals surface area contributed by atoms with Crippen LogP contribution in [0, 0.1) is 0 Å². The molecule has 2 aromatic rings. The molecule has 0 radical (unpaired) electrons. The Kier molecular flexibility index (Phi) is 5.43. The molecule has 1 heterocycles. The normalized spacial score (nSPS) is 10.5. The Morgan fingerprint density at radius 3 is 2.90 bits per heavy atom. The smallest absolute Gasteiger partial charge is 0.166 e. The van der Waals surface area contributed by atoms with Gasteiger partial charge in [0.05, 0.1) is 26.1 Å². The van der Waals surface area contributed by atoms with Crippen LogP contribution in [0.2, 0.25) is 0 Å². The quantitative estimate of drug-likeness (QED) is 0.751. The summed E-state index contributed by atoms with van der Waals surface area (Å²) in [7, 11) is 0. The van der Waals surface area contributed by atoms with Gasteiger partial charge in [0.1, 0.15) is 0 Å². The molecule has 5 nitrogen and oxygen atoms in total. The summed E-state index contributed by atoms with van der Waals surface area (Å²) in [4.78, 5) is 3.99. The van der Waals surface area contributed by atoms with Crippen molar-refractivity contribution in [1.82, 2.24) is 9.55 Å². The maximum absolute atomic E-state index is 9.37. The van der Waals surface area contributed by atoms with Crippen molar-refractivity contribution in [2.24, 2.45) is 0 Å². The number of benzene rings is 1. The van der Waals surface area contributed by atoms with E-state index in [1.165, 1.54) is 0 Å². The molecule has 1 aromatic heterocycles. The second kappa shape index (κ2) is 7.55. The topological polar surface area (TPSA) is 56.5 Å². The standard InChI is InChI=1S/C15H20N2O3/c1-2-19-14-6-3-5-13(11-18)15(14)20-10-4-8-17-9-7-16-12-17/h3,5-7,9,12,18H,2,4,8,10-11H2,1H3. The highest BCUT2D eigenvalue weighted by atomic mass is 16.5. The number of hydrogen-bond donors (Lipinski definition) is 1. The number of aliphatic hydroxyl groups excluding tert-OH is 1. The molecule has 0 aliphatic rings. The van der Waals surface area contributed by atoms with Gasteiger partial charge in [-0.15, -0.1) is 0 Å². The van der Waals surface area contributed by atoms with Crippen LogP contribution in [0.3, 0.4) is 0 Å². The minimum atomic E-state index is -0.0578. The fourth-order valence-corrected chi connectivity index (χ4v) is 1.96. The van der Waals surface area contributed by atoms with Crippen molar-refractivity contribution in [2.45, 2.75) is 26.5 Å². The van der Waals surface area contributed by atoms with Crippen LogP contribution in [0.5, 0.6) is 11.5 Å². The molecule has 5 heteroatoms. The highest BCUT2D eigenvalue weighted by molar-refractivity contribution is 5.46. The lowest BCUT2D eigenvalue weighted by molar-refractivity contribution is 0.244. The SMILES string of the molecule is CCOc1cccc(CO)c1OCCCn1ccnc1. The maximum atomic E-state index is 9.37. The molecule has 0 saturated heterocycles. The molecule has 108 valence electrons. The van der Waals surface area contributed by atoms with E-state index < -0.39 is 0 Å². The molecule has 0 saturated carbocycles. The second-order valence-electron chi connectivity index (χ2n) is 4.34. The lowest BCUT2D eigenvalue weighted by Crippen LogP contribution is -2.06. The van der Waals surface area contributed by atoms with Gasteiger partial charge in [-0.2, -0.15) is 0 Å². The molecule has 0 aliphatic carbocycles. The average Bonchev–Trinajstić information content (AvgIpc) is 2.98. The van der Waals surface area contributed by atoms with Crippen molar-refractivity contribution in [3.63, 3.8) is 0 Å². The van der Waals surface area contributed by atoms with Crippen LogP contribution < -0.4 is 9.47 Å². The van der Waals surface area contributed by atoms with Crippen molar-refractivity contribution in [3.8, 4) is 11.5 Å². The Morgan fingerprint density at radius 1 is 1.30 bits per heavy atom. The summed E-state index contributed by atoms with van der Waals surface area (Å²) in [5.41, 5.74) is 0.749. The molecule has 1 N–H and O–H groups in total. The van der Waals surface area contributed by atoms with Crippen molar-refractivity contribution in [1.29, 1.82) is 0 Å². The number of rotatable bonds is 8. The first-order valence-electron chi connectivity index (χ1n) is 6.79. The maximum Gasteiger partial charge on any atom is 0.166 e. The third-order valence-electron chi connectivity index (χ3n) is 2.90. The molecule has 0 spiro atoms. The van der Waals surface area contributed by atoms with Crippen LogP contribution in [-0.2, 0) is 13.2 Å². The van der Waals surface area contributed by atoms with E-state index in [2.05, 4.69) is 4.98 Å². The summed E-state index contributed by atoms with van der Waals surface area (Å²) < 4.78 is 13.3. The zero-order valence-corrected chi connectivity index (χ0v) is 11.7. The zero-order chi connectivity index (χ0) is 14.2. The molecule has 1 aromatic carbocycles. The number of imidazole rings is 1. The highest BCUT2D eigenvalue weighted by Gasteiger charge is 2.10. The molecule has 20 heavy (non-hydrogen) atoms. The fourth-order valence-electron chi connectivity index (χ4n) is 1.96. The molecule has 0 unspecified atom stereocenters. The number of ether oxygens (including phenoxy) is 2. The van der Waals surface area contributed by atoms with Crippen molar-refractivity contribution in [3.05, 3.63) is 42.5 Å². The summed E-state index contributed by atoms with van der Waals surface area (Å²) in [6, 6.07) is 5.55. The van der Waals surface area contributed by atoms with Gasteiger partial charge in [0.25, 0.3) is 0 Å². The largest absolute Gasteiger partial charge is 0.490 e. The van der Waals surface area contributed by atoms with E-state index in [0.29, 0.717) is 24.7 Å². The van der Waals surface area contributed by atoms with Crippen molar-refractivity contribution < 1.29 is 14.6 Å². The van der Waals surface area contributed by atoms with E-state index in [9.17, 15) is 5.11 Å². The third kappa shape index (κ3) is 3.74. The van der Waals surface area contributed by atoms with E-state index >= 15 is 0 Å². The van der Waals surface area contributed by atoms with Crippen LogP contribution in [-0.4, -0.2) is 27.9 Å². The lowest BCUT2D eigenvalue weighted by atomic mass is 10.2. The number of aryl methyl sites for hydroxylation is 1. The van der Waals surface area contributed by atoms with Crippen LogP contribution in [0.1, 0.15) is 18.9 Å². The van der Waals surface area contributed by atoms with Gasteiger partial charge in [-0.25, -0.2) is 4.98 Å². The first-order valence-corrected chi connectivity index (χ1v) is 6.79. The summed E-state index contributed by atoms with van der Waals surface area (Å²) >= 11 is 0. The van der Waals surface area contributed by atoms with E-state index in [1.54, 1.807) is 12.5 Å². The van der Waals surface area contributed by atoms with E-state index in [1.807, 2.05) is 35.9 Å². The van der Waals surface area contributed by atoms with Crippen LogP contribution in [0.15, 0.2) is 36.9 Å². The van der Waals surface area contributed by atoms with Crippen LogP contribution in [0.4, 0.5) is 0 Å². The first-order chi connectivity index (χ1) is 9.85. The monoisotopic (exact) mass is 276 g/mol. The first kappa shape index (κ1) is 14.4. The number of para-hydroxylation sites is 1. The van der Waals surface area contributed by atoms with E-state index in [4.69, 9.17) is 9.47 Å². The molecule has 2 rings (SSSR count). The summed E-state index contributed by atoms with van der Waals surface area (Å²) in [5.74, 6) is 1.32. The summed E-state index contributed by atoms with van der Waals surface area (Å²) in [6.07, 6.45) is 6.33. The van der Waals surface area contributed by atoms with Gasteiger partial charge < -0.3 is 19.1 Å². The molecule has 0 fully saturated rings. The van der Waals surface area contributed by atoms with Gasteiger partial charge in [-0.05, 0) is 19.4 Å². The molecule has 0 bridgehead atoms. The Morgan fingerprint density at radius 2 is 2.20 bits per heavy atom. The molecular weight excluding hydrogens is 256 g/mol. The Balaban J connectivity index is 1.93. The molecule has 0 aliphatic heterocycles. The van der Waals surface area contributed by atoms with Crippen LogP contribution >= 0.6 is 0 Å². The number of aliphatic hydroxyl groups is 1. The summed E-state index contributed by atoms with van der Waals surface area (Å²) in [5, 5.41) is 9.37. The molecule has 0 atom stereocenters. The molecule has 0 amide bonds. The van der Waals surface area contributed by atoms with Gasteiger partial charge >= 0.3 is 0 Å². The van der Waals surface area contributed by atoms with Crippen molar-refractivity contribution >= 4 is 0 Å². The minimum Gasteiger partial charge on any atom is -0.490 e. The highest BCUT2D eigenvalue weighted by Crippen LogP contribution is 2.31.